The number of guanidine groups is 1. The Morgan fingerprint density at radius 3 is 2.74 bits per heavy atom. The van der Waals surface area contributed by atoms with Crippen molar-refractivity contribution in [2.45, 2.75) is 58.9 Å². The molecule has 0 aromatic rings. The highest BCUT2D eigenvalue weighted by Crippen LogP contribution is 2.24. The van der Waals surface area contributed by atoms with Gasteiger partial charge in [-0.05, 0) is 70.9 Å². The van der Waals surface area contributed by atoms with Crippen LogP contribution in [0.1, 0.15) is 53.4 Å². The van der Waals surface area contributed by atoms with Crippen LogP contribution in [0.2, 0.25) is 0 Å². The first-order valence-corrected chi connectivity index (χ1v) is 10.6. The maximum atomic E-state index is 4.85. The van der Waals surface area contributed by atoms with Gasteiger partial charge in [0.2, 0.25) is 0 Å². The number of hydrogen-bond acceptors (Lipinski definition) is 3. The number of nitrogens with one attached hydrogen (secondary N) is 2. The van der Waals surface area contributed by atoms with Crippen LogP contribution in [0.15, 0.2) is 4.99 Å². The maximum absolute atomic E-state index is 4.85. The van der Waals surface area contributed by atoms with Gasteiger partial charge in [-0.2, -0.15) is 11.8 Å². The van der Waals surface area contributed by atoms with Crippen LogP contribution in [-0.4, -0.2) is 61.1 Å². The lowest BCUT2D eigenvalue weighted by Gasteiger charge is -2.42. The summed E-state index contributed by atoms with van der Waals surface area (Å²) < 4.78 is 0. The molecule has 1 saturated heterocycles. The minimum absolute atomic E-state index is 0.135. The monoisotopic (exact) mass is 342 g/mol. The van der Waals surface area contributed by atoms with Crippen molar-refractivity contribution in [1.29, 1.82) is 0 Å². The van der Waals surface area contributed by atoms with E-state index in [-0.39, 0.29) is 5.54 Å². The number of rotatable bonds is 9. The van der Waals surface area contributed by atoms with E-state index >= 15 is 0 Å². The van der Waals surface area contributed by atoms with E-state index in [0.29, 0.717) is 0 Å². The van der Waals surface area contributed by atoms with Crippen LogP contribution in [0.25, 0.3) is 0 Å². The van der Waals surface area contributed by atoms with Gasteiger partial charge in [-0.1, -0.05) is 6.92 Å². The van der Waals surface area contributed by atoms with Gasteiger partial charge in [0.25, 0.3) is 0 Å². The average molecular weight is 343 g/mol. The van der Waals surface area contributed by atoms with Gasteiger partial charge in [-0.15, -0.1) is 0 Å². The number of unbranched alkanes of at least 4 members (excludes halogenated alkanes) is 1. The zero-order valence-electron chi connectivity index (χ0n) is 16.0. The third-order valence-corrected chi connectivity index (χ3v) is 5.25. The fraction of sp³-hybridized carbons (Fsp3) is 0.944. The van der Waals surface area contributed by atoms with Gasteiger partial charge in [0, 0.05) is 25.2 Å². The summed E-state index contributed by atoms with van der Waals surface area (Å²) in [5, 5.41) is 6.85. The Hall–Kier alpha value is -0.420. The molecule has 0 radical (unpaired) electrons. The van der Waals surface area contributed by atoms with Crippen molar-refractivity contribution in [2.24, 2.45) is 10.9 Å². The van der Waals surface area contributed by atoms with Crippen LogP contribution in [0, 0.1) is 5.92 Å². The third kappa shape index (κ3) is 8.30. The van der Waals surface area contributed by atoms with Crippen LogP contribution in [0.4, 0.5) is 0 Å². The second kappa shape index (κ2) is 11.2. The average Bonchev–Trinajstić information content (AvgIpc) is 2.52. The molecule has 0 aromatic carbocycles. The first kappa shape index (κ1) is 20.6. The Balaban J connectivity index is 2.46. The molecule has 1 rings (SSSR count). The second-order valence-corrected chi connectivity index (χ2v) is 8.31. The molecule has 1 heterocycles. The van der Waals surface area contributed by atoms with E-state index in [2.05, 4.69) is 49.5 Å². The van der Waals surface area contributed by atoms with Gasteiger partial charge in [0.1, 0.15) is 0 Å². The molecule has 136 valence electrons. The van der Waals surface area contributed by atoms with Crippen molar-refractivity contribution in [3.63, 3.8) is 0 Å². The quantitative estimate of drug-likeness (QED) is 0.383. The number of nitrogens with zero attached hydrogens (tertiary/aromatic N) is 2. The molecule has 23 heavy (non-hydrogen) atoms. The van der Waals surface area contributed by atoms with Gasteiger partial charge in [-0.3, -0.25) is 9.89 Å². The molecule has 0 bridgehead atoms. The standard InChI is InChI=1S/C18H38N4S/c1-6-19-17(20-11-7-8-13-23-5)21-15-18(3,4)22-12-9-10-16(2)14-22/h16H,6-15H2,1-5H3,(H2,19,20,21). The molecule has 5 heteroatoms. The molecule has 0 amide bonds. The Morgan fingerprint density at radius 2 is 2.09 bits per heavy atom. The molecular formula is C18H38N4S. The van der Waals surface area contributed by atoms with Gasteiger partial charge in [-0.25, -0.2) is 0 Å². The van der Waals surface area contributed by atoms with E-state index < -0.39 is 0 Å². The summed E-state index contributed by atoms with van der Waals surface area (Å²) in [4.78, 5) is 7.47. The minimum Gasteiger partial charge on any atom is -0.357 e. The number of likely N-dealkylation sites (tertiary alicyclic amines) is 1. The zero-order valence-corrected chi connectivity index (χ0v) is 16.8. The van der Waals surface area contributed by atoms with E-state index in [1.165, 1.54) is 44.5 Å². The van der Waals surface area contributed by atoms with Crippen LogP contribution in [0.5, 0.6) is 0 Å². The lowest BCUT2D eigenvalue weighted by atomic mass is 9.94. The summed E-state index contributed by atoms with van der Waals surface area (Å²) in [6.45, 7) is 14.3. The zero-order chi connectivity index (χ0) is 17.1. The van der Waals surface area contributed by atoms with E-state index in [0.717, 1.165) is 31.5 Å². The first-order valence-electron chi connectivity index (χ1n) is 9.25. The van der Waals surface area contributed by atoms with E-state index in [4.69, 9.17) is 4.99 Å². The van der Waals surface area contributed by atoms with Crippen LogP contribution >= 0.6 is 11.8 Å². The maximum Gasteiger partial charge on any atom is 0.191 e. The minimum atomic E-state index is 0.135. The van der Waals surface area contributed by atoms with Gasteiger partial charge < -0.3 is 10.6 Å². The molecule has 1 atom stereocenters. The Kier molecular flexibility index (Phi) is 10.0. The van der Waals surface area contributed by atoms with Gasteiger partial charge in [0.15, 0.2) is 5.96 Å². The highest BCUT2D eigenvalue weighted by atomic mass is 32.2. The van der Waals surface area contributed by atoms with Crippen LogP contribution < -0.4 is 10.6 Å². The fourth-order valence-electron chi connectivity index (χ4n) is 3.03. The van der Waals surface area contributed by atoms with E-state index in [1.807, 2.05) is 11.8 Å². The molecule has 0 saturated carbocycles. The van der Waals surface area contributed by atoms with Gasteiger partial charge in [0.05, 0.1) is 6.54 Å². The molecule has 0 spiro atoms. The molecule has 4 nitrogen and oxygen atoms in total. The predicted molar refractivity (Wildman–Crippen MR) is 106 cm³/mol. The SMILES string of the molecule is CCNC(=NCC(C)(C)N1CCCC(C)C1)NCCCCSC. The smallest absolute Gasteiger partial charge is 0.191 e. The lowest BCUT2D eigenvalue weighted by Crippen LogP contribution is -2.51. The van der Waals surface area contributed by atoms with Crippen molar-refractivity contribution < 1.29 is 0 Å². The fourth-order valence-corrected chi connectivity index (χ4v) is 3.52. The van der Waals surface area contributed by atoms with Crippen LogP contribution in [0.3, 0.4) is 0 Å². The molecule has 1 unspecified atom stereocenters. The van der Waals surface area contributed by atoms with Crippen molar-refractivity contribution >= 4 is 17.7 Å². The number of piperidine rings is 1. The van der Waals surface area contributed by atoms with Crippen LogP contribution in [-0.2, 0) is 0 Å². The molecule has 1 aliphatic rings. The highest BCUT2D eigenvalue weighted by molar-refractivity contribution is 7.98. The Morgan fingerprint density at radius 1 is 1.30 bits per heavy atom. The van der Waals surface area contributed by atoms with Crippen molar-refractivity contribution in [3.8, 4) is 0 Å². The molecule has 2 N–H and O–H groups in total. The summed E-state index contributed by atoms with van der Waals surface area (Å²) in [5.41, 5.74) is 0.135. The molecule has 0 aromatic heterocycles. The summed E-state index contributed by atoms with van der Waals surface area (Å²) in [6, 6.07) is 0. The number of thioether (sulfide) groups is 1. The first-order chi connectivity index (χ1) is 11.0. The number of aliphatic imine (C=N–C) groups is 1. The van der Waals surface area contributed by atoms with Crippen molar-refractivity contribution in [2.75, 3.05) is 44.7 Å². The molecule has 1 fully saturated rings. The predicted octanol–water partition coefficient (Wildman–Crippen LogP) is 3.20. The molecular weight excluding hydrogens is 304 g/mol. The third-order valence-electron chi connectivity index (χ3n) is 4.55. The second-order valence-electron chi connectivity index (χ2n) is 7.33. The normalized spacial score (nSPS) is 20.6. The summed E-state index contributed by atoms with van der Waals surface area (Å²) >= 11 is 1.92. The lowest BCUT2D eigenvalue weighted by molar-refractivity contribution is 0.0774. The topological polar surface area (TPSA) is 39.7 Å². The van der Waals surface area contributed by atoms with Gasteiger partial charge >= 0.3 is 0 Å². The van der Waals surface area contributed by atoms with Crippen molar-refractivity contribution in [3.05, 3.63) is 0 Å². The summed E-state index contributed by atoms with van der Waals surface area (Å²) in [5.74, 6) is 3.03. The number of hydrogen-bond donors (Lipinski definition) is 2. The molecule has 0 aliphatic carbocycles. The Labute approximate surface area is 148 Å². The molecule has 1 aliphatic heterocycles. The summed E-state index contributed by atoms with van der Waals surface area (Å²) in [6.07, 6.45) is 7.34. The largest absolute Gasteiger partial charge is 0.357 e. The van der Waals surface area contributed by atoms with E-state index in [1.54, 1.807) is 0 Å². The van der Waals surface area contributed by atoms with E-state index in [9.17, 15) is 0 Å². The Bertz CT molecular complexity index is 344. The van der Waals surface area contributed by atoms with Crippen molar-refractivity contribution in [1.82, 2.24) is 15.5 Å². The highest BCUT2D eigenvalue weighted by Gasteiger charge is 2.29. The summed E-state index contributed by atoms with van der Waals surface area (Å²) in [7, 11) is 0.